The van der Waals surface area contributed by atoms with E-state index in [1.807, 2.05) is 0 Å². The quantitative estimate of drug-likeness (QED) is 0.803. The smallest absolute Gasteiger partial charge is 0.489 e. The molecular weight excluding hydrogens is 284 g/mol. The van der Waals surface area contributed by atoms with Crippen molar-refractivity contribution in [1.82, 2.24) is 4.98 Å². The van der Waals surface area contributed by atoms with Gasteiger partial charge in [-0.05, 0) is 0 Å². The molecule has 0 N–H and O–H groups in total. The molecule has 0 unspecified atom stereocenters. The van der Waals surface area contributed by atoms with Gasteiger partial charge in [0.05, 0.1) is 14.2 Å². The minimum absolute atomic E-state index is 0.0782. The summed E-state index contributed by atoms with van der Waals surface area (Å²) in [6.45, 7) is 0. The summed E-state index contributed by atoms with van der Waals surface area (Å²) >= 11 is 0. The lowest BCUT2D eigenvalue weighted by atomic mass is 10.3. The first kappa shape index (κ1) is 15.2. The Kier molecular flexibility index (Phi) is 4.01. The van der Waals surface area contributed by atoms with Crippen LogP contribution >= 0.6 is 0 Å². The zero-order valence-electron chi connectivity index (χ0n) is 9.52. The molecule has 0 aliphatic rings. The molecule has 0 spiro atoms. The van der Waals surface area contributed by atoms with Gasteiger partial charge in [0.1, 0.15) is 0 Å². The molecule has 0 atom stereocenters. The van der Waals surface area contributed by atoms with E-state index in [0.717, 1.165) is 14.2 Å². The molecule has 19 heavy (non-hydrogen) atoms. The van der Waals surface area contributed by atoms with Gasteiger partial charge in [0, 0.05) is 6.07 Å². The molecule has 0 aliphatic heterocycles. The van der Waals surface area contributed by atoms with Crippen LogP contribution in [0.2, 0.25) is 0 Å². The number of pyridine rings is 1. The molecular formula is C9H7F6NO3. The summed E-state index contributed by atoms with van der Waals surface area (Å²) in [6.07, 6.45) is -10.1. The number of hydrogen-bond acceptors (Lipinski definition) is 4. The highest BCUT2D eigenvalue weighted by atomic mass is 19.4. The lowest BCUT2D eigenvalue weighted by molar-refractivity contribution is -0.275. The van der Waals surface area contributed by atoms with Crippen molar-refractivity contribution in [3.05, 3.63) is 11.8 Å². The third kappa shape index (κ3) is 3.80. The third-order valence-electron chi connectivity index (χ3n) is 1.82. The number of aromatic nitrogens is 1. The van der Waals surface area contributed by atoms with Gasteiger partial charge in [-0.25, -0.2) is 4.98 Å². The zero-order valence-corrected chi connectivity index (χ0v) is 9.52. The van der Waals surface area contributed by atoms with Crippen LogP contribution in [0.3, 0.4) is 0 Å². The summed E-state index contributed by atoms with van der Waals surface area (Å²) in [5.74, 6) is -2.64. The van der Waals surface area contributed by atoms with Crippen molar-refractivity contribution >= 4 is 0 Å². The predicted molar refractivity (Wildman–Crippen MR) is 49.0 cm³/mol. The molecule has 0 aromatic carbocycles. The van der Waals surface area contributed by atoms with E-state index in [4.69, 9.17) is 0 Å². The third-order valence-corrected chi connectivity index (χ3v) is 1.82. The minimum atomic E-state index is -5.18. The maximum atomic E-state index is 12.5. The van der Waals surface area contributed by atoms with Gasteiger partial charge in [-0.3, -0.25) is 0 Å². The van der Waals surface area contributed by atoms with Crippen molar-refractivity contribution in [1.29, 1.82) is 0 Å². The number of alkyl halides is 6. The van der Waals surface area contributed by atoms with Gasteiger partial charge in [0.25, 0.3) is 5.88 Å². The van der Waals surface area contributed by atoms with Gasteiger partial charge >= 0.3 is 12.5 Å². The van der Waals surface area contributed by atoms with Gasteiger partial charge in [0.15, 0.2) is 11.4 Å². The zero-order chi connectivity index (χ0) is 14.8. The number of halogens is 6. The molecule has 4 nitrogen and oxygen atoms in total. The van der Waals surface area contributed by atoms with Crippen LogP contribution in [0, 0.1) is 0 Å². The molecule has 1 heterocycles. The SMILES string of the molecule is COc1nc(C(F)(F)F)cc(OC(F)(F)F)c1OC. The second-order valence-corrected chi connectivity index (χ2v) is 3.09. The highest BCUT2D eigenvalue weighted by molar-refractivity contribution is 5.49. The maximum absolute atomic E-state index is 12.5. The Morgan fingerprint density at radius 2 is 1.58 bits per heavy atom. The molecule has 1 rings (SSSR count). The standard InChI is InChI=1S/C9H7F6NO3/c1-17-6-4(19-9(13,14)15)3-5(8(10,11)12)16-7(6)18-2/h3H,1-2H3. The number of rotatable bonds is 3. The molecule has 0 saturated heterocycles. The predicted octanol–water partition coefficient (Wildman–Crippen LogP) is 3.02. The van der Waals surface area contributed by atoms with Crippen LogP contribution in [-0.4, -0.2) is 25.6 Å². The largest absolute Gasteiger partial charge is 0.573 e. The van der Waals surface area contributed by atoms with Gasteiger partial charge in [-0.2, -0.15) is 13.2 Å². The van der Waals surface area contributed by atoms with Crippen molar-refractivity contribution in [2.24, 2.45) is 0 Å². The van der Waals surface area contributed by atoms with Crippen LogP contribution in [0.15, 0.2) is 6.07 Å². The average Bonchev–Trinajstić information content (AvgIpc) is 2.24. The number of hydrogen-bond donors (Lipinski definition) is 0. The molecule has 10 heteroatoms. The van der Waals surface area contributed by atoms with E-state index < -0.39 is 35.6 Å². The Labute approximate surface area is 102 Å². The van der Waals surface area contributed by atoms with Crippen molar-refractivity contribution in [3.8, 4) is 17.4 Å². The van der Waals surface area contributed by atoms with Crippen LogP contribution in [-0.2, 0) is 6.18 Å². The Bertz CT molecular complexity index is 456. The van der Waals surface area contributed by atoms with E-state index in [1.54, 1.807) is 0 Å². The maximum Gasteiger partial charge on any atom is 0.573 e. The summed E-state index contributed by atoms with van der Waals surface area (Å²) in [6, 6.07) is 0.0782. The van der Waals surface area contributed by atoms with E-state index in [-0.39, 0.29) is 6.07 Å². The second-order valence-electron chi connectivity index (χ2n) is 3.09. The first-order chi connectivity index (χ1) is 8.58. The summed E-state index contributed by atoms with van der Waals surface area (Å²) in [4.78, 5) is 3.00. The molecule has 0 bridgehead atoms. The summed E-state index contributed by atoms with van der Waals surface area (Å²) in [5, 5.41) is 0. The molecule has 0 fully saturated rings. The van der Waals surface area contributed by atoms with E-state index in [0.29, 0.717) is 0 Å². The van der Waals surface area contributed by atoms with Gasteiger partial charge < -0.3 is 14.2 Å². The Hall–Kier alpha value is -1.87. The van der Waals surface area contributed by atoms with Crippen molar-refractivity contribution < 1.29 is 40.6 Å². The molecule has 0 amide bonds. The lowest BCUT2D eigenvalue weighted by Gasteiger charge is -2.16. The average molecular weight is 291 g/mol. The first-order valence-electron chi connectivity index (χ1n) is 4.54. The molecule has 0 saturated carbocycles. The van der Waals surface area contributed by atoms with Crippen LogP contribution in [0.4, 0.5) is 26.3 Å². The second kappa shape index (κ2) is 5.02. The van der Waals surface area contributed by atoms with E-state index >= 15 is 0 Å². The molecule has 1 aromatic rings. The van der Waals surface area contributed by atoms with Crippen molar-refractivity contribution in [2.75, 3.05) is 14.2 Å². The highest BCUT2D eigenvalue weighted by Crippen LogP contribution is 2.42. The van der Waals surface area contributed by atoms with Crippen LogP contribution in [0.25, 0.3) is 0 Å². The summed E-state index contributed by atoms with van der Waals surface area (Å²) in [7, 11) is 1.87. The Morgan fingerprint density at radius 3 is 1.95 bits per heavy atom. The molecule has 0 aliphatic carbocycles. The van der Waals surface area contributed by atoms with Crippen molar-refractivity contribution in [3.63, 3.8) is 0 Å². The Morgan fingerprint density at radius 1 is 1.00 bits per heavy atom. The molecule has 1 aromatic heterocycles. The van der Waals surface area contributed by atoms with Crippen molar-refractivity contribution in [2.45, 2.75) is 12.5 Å². The van der Waals surface area contributed by atoms with Crippen LogP contribution in [0.1, 0.15) is 5.69 Å². The lowest BCUT2D eigenvalue weighted by Crippen LogP contribution is -2.19. The number of ether oxygens (including phenoxy) is 3. The Balaban J connectivity index is 3.40. The van der Waals surface area contributed by atoms with Gasteiger partial charge in [0.2, 0.25) is 5.75 Å². The molecule has 108 valence electrons. The minimum Gasteiger partial charge on any atom is -0.489 e. The van der Waals surface area contributed by atoms with Gasteiger partial charge in [-0.1, -0.05) is 0 Å². The molecule has 0 radical (unpaired) electrons. The number of nitrogens with zero attached hydrogens (tertiary/aromatic N) is 1. The van der Waals surface area contributed by atoms with E-state index in [9.17, 15) is 26.3 Å². The fraction of sp³-hybridized carbons (Fsp3) is 0.444. The number of methoxy groups -OCH3 is 2. The normalized spacial score (nSPS) is 12.2. The topological polar surface area (TPSA) is 40.6 Å². The van der Waals surface area contributed by atoms with Gasteiger partial charge in [-0.15, -0.1) is 13.2 Å². The fourth-order valence-corrected chi connectivity index (χ4v) is 1.16. The van der Waals surface area contributed by atoms with Crippen LogP contribution in [0.5, 0.6) is 17.4 Å². The summed E-state index contributed by atoms with van der Waals surface area (Å²) < 4.78 is 86.1. The fourth-order valence-electron chi connectivity index (χ4n) is 1.16. The van der Waals surface area contributed by atoms with Crippen LogP contribution < -0.4 is 14.2 Å². The highest BCUT2D eigenvalue weighted by Gasteiger charge is 2.38. The van der Waals surface area contributed by atoms with E-state index in [2.05, 4.69) is 19.2 Å². The summed E-state index contributed by atoms with van der Waals surface area (Å²) in [5.41, 5.74) is -1.59. The monoisotopic (exact) mass is 291 g/mol. The van der Waals surface area contributed by atoms with E-state index in [1.165, 1.54) is 0 Å². The first-order valence-corrected chi connectivity index (χ1v) is 4.54.